The predicted molar refractivity (Wildman–Crippen MR) is 96.3 cm³/mol. The van der Waals surface area contributed by atoms with Crippen LogP contribution in [-0.4, -0.2) is 45.0 Å². The molecule has 0 unspecified atom stereocenters. The van der Waals surface area contributed by atoms with Crippen LogP contribution in [0.25, 0.3) is 0 Å². The number of ether oxygens (including phenoxy) is 2. The second-order valence-corrected chi connectivity index (χ2v) is 8.08. The average Bonchev–Trinajstić information content (AvgIpc) is 2.69. The molecule has 1 saturated heterocycles. The zero-order valence-electron chi connectivity index (χ0n) is 14.8. The molecule has 8 heteroatoms. The lowest BCUT2D eigenvalue weighted by Crippen LogP contribution is -2.40. The van der Waals surface area contributed by atoms with Gasteiger partial charge in [0.15, 0.2) is 0 Å². The molecule has 2 aromatic rings. The standard InChI is InChI=1S/C19H20FNO5S/c1-14(15-5-7-17(20)8-6-15)26-19(22)16-3-2-4-18(13-16)27(23,24)21-9-11-25-12-10-21/h2-8,13-14H,9-12H2,1H3/t14-/m0/s1. The minimum atomic E-state index is -3.70. The van der Waals surface area contributed by atoms with Gasteiger partial charge in [-0.3, -0.25) is 0 Å². The number of nitrogens with zero attached hydrogens (tertiary/aromatic N) is 1. The van der Waals surface area contributed by atoms with Crippen molar-refractivity contribution >= 4 is 16.0 Å². The lowest BCUT2D eigenvalue weighted by molar-refractivity contribution is 0.0337. The van der Waals surface area contributed by atoms with Gasteiger partial charge in [-0.1, -0.05) is 18.2 Å². The summed E-state index contributed by atoms with van der Waals surface area (Å²) >= 11 is 0. The van der Waals surface area contributed by atoms with Crippen LogP contribution >= 0.6 is 0 Å². The molecule has 1 aliphatic rings. The first-order chi connectivity index (χ1) is 12.9. The van der Waals surface area contributed by atoms with E-state index in [1.807, 2.05) is 0 Å². The maximum atomic E-state index is 13.0. The highest BCUT2D eigenvalue weighted by Crippen LogP contribution is 2.22. The molecule has 1 aliphatic heterocycles. The minimum absolute atomic E-state index is 0.0354. The SMILES string of the molecule is C[C@H](OC(=O)c1cccc(S(=O)(=O)N2CCOCC2)c1)c1ccc(F)cc1. The van der Waals surface area contributed by atoms with E-state index in [0.29, 0.717) is 18.8 Å². The van der Waals surface area contributed by atoms with Crippen LogP contribution in [0.5, 0.6) is 0 Å². The first-order valence-corrected chi connectivity index (χ1v) is 9.96. The quantitative estimate of drug-likeness (QED) is 0.731. The third-order valence-electron chi connectivity index (χ3n) is 4.30. The summed E-state index contributed by atoms with van der Waals surface area (Å²) in [5, 5.41) is 0. The summed E-state index contributed by atoms with van der Waals surface area (Å²) in [6, 6.07) is 11.4. The zero-order chi connectivity index (χ0) is 19.4. The highest BCUT2D eigenvalue weighted by molar-refractivity contribution is 7.89. The summed E-state index contributed by atoms with van der Waals surface area (Å²) in [7, 11) is -3.70. The highest BCUT2D eigenvalue weighted by atomic mass is 32.2. The average molecular weight is 393 g/mol. The molecular formula is C19H20FNO5S. The van der Waals surface area contributed by atoms with Gasteiger partial charge in [0, 0.05) is 13.1 Å². The van der Waals surface area contributed by atoms with E-state index >= 15 is 0 Å². The van der Waals surface area contributed by atoms with Gasteiger partial charge in [0.25, 0.3) is 0 Å². The van der Waals surface area contributed by atoms with E-state index in [2.05, 4.69) is 0 Å². The van der Waals surface area contributed by atoms with Crippen molar-refractivity contribution in [2.45, 2.75) is 17.9 Å². The van der Waals surface area contributed by atoms with Gasteiger partial charge in [-0.15, -0.1) is 0 Å². The van der Waals surface area contributed by atoms with Crippen LogP contribution in [0.15, 0.2) is 53.4 Å². The molecule has 1 fully saturated rings. The molecule has 0 aromatic heterocycles. The van der Waals surface area contributed by atoms with Crippen molar-refractivity contribution in [1.29, 1.82) is 0 Å². The molecule has 0 N–H and O–H groups in total. The number of carbonyl (C=O) groups is 1. The number of sulfonamides is 1. The van der Waals surface area contributed by atoms with Crippen LogP contribution < -0.4 is 0 Å². The Morgan fingerprint density at radius 3 is 2.48 bits per heavy atom. The zero-order valence-corrected chi connectivity index (χ0v) is 15.6. The Hall–Kier alpha value is -2.29. The summed E-state index contributed by atoms with van der Waals surface area (Å²) in [4.78, 5) is 12.5. The smallest absolute Gasteiger partial charge is 0.338 e. The van der Waals surface area contributed by atoms with Gasteiger partial charge < -0.3 is 9.47 Å². The predicted octanol–water partition coefficient (Wildman–Crippen LogP) is 2.76. The summed E-state index contributed by atoms with van der Waals surface area (Å²) in [6.07, 6.45) is -0.599. The van der Waals surface area contributed by atoms with Crippen molar-refractivity contribution in [3.8, 4) is 0 Å². The molecule has 0 saturated carbocycles. The molecule has 0 amide bonds. The van der Waals surface area contributed by atoms with Gasteiger partial charge in [-0.25, -0.2) is 17.6 Å². The second-order valence-electron chi connectivity index (χ2n) is 6.14. The number of benzene rings is 2. The second kappa shape index (κ2) is 8.16. The summed E-state index contributed by atoms with van der Waals surface area (Å²) in [6.45, 7) is 2.91. The van der Waals surface area contributed by atoms with Gasteiger partial charge in [-0.05, 0) is 42.8 Å². The summed E-state index contributed by atoms with van der Waals surface area (Å²) in [5.41, 5.74) is 0.778. The molecule has 0 aliphatic carbocycles. The molecule has 1 heterocycles. The molecule has 6 nitrogen and oxygen atoms in total. The van der Waals surface area contributed by atoms with Crippen molar-refractivity contribution in [2.75, 3.05) is 26.3 Å². The number of hydrogen-bond donors (Lipinski definition) is 0. The van der Waals surface area contributed by atoms with E-state index < -0.39 is 22.1 Å². The number of rotatable bonds is 5. The molecule has 1 atom stereocenters. The number of halogens is 1. The maximum absolute atomic E-state index is 13.0. The Bertz CT molecular complexity index is 908. The lowest BCUT2D eigenvalue weighted by Gasteiger charge is -2.26. The molecule has 27 heavy (non-hydrogen) atoms. The fourth-order valence-corrected chi connectivity index (χ4v) is 4.20. The van der Waals surface area contributed by atoms with E-state index in [-0.39, 0.29) is 29.4 Å². The van der Waals surface area contributed by atoms with Gasteiger partial charge in [0.05, 0.1) is 23.7 Å². The maximum Gasteiger partial charge on any atom is 0.338 e. The van der Waals surface area contributed by atoms with Crippen molar-refractivity contribution in [1.82, 2.24) is 4.31 Å². The Morgan fingerprint density at radius 1 is 1.15 bits per heavy atom. The van der Waals surface area contributed by atoms with Crippen LogP contribution in [0, 0.1) is 5.82 Å². The van der Waals surface area contributed by atoms with Crippen LogP contribution in [0.3, 0.4) is 0 Å². The topological polar surface area (TPSA) is 72.9 Å². The van der Waals surface area contributed by atoms with E-state index in [1.54, 1.807) is 6.92 Å². The Morgan fingerprint density at radius 2 is 1.81 bits per heavy atom. The lowest BCUT2D eigenvalue weighted by atomic mass is 10.1. The molecule has 3 rings (SSSR count). The third kappa shape index (κ3) is 4.52. The van der Waals surface area contributed by atoms with Crippen LogP contribution in [0.1, 0.15) is 28.9 Å². The van der Waals surface area contributed by atoms with E-state index in [4.69, 9.17) is 9.47 Å². The molecule has 0 radical (unpaired) electrons. The van der Waals surface area contributed by atoms with E-state index in [9.17, 15) is 17.6 Å². The molecule has 0 bridgehead atoms. The van der Waals surface area contributed by atoms with Gasteiger partial charge >= 0.3 is 5.97 Å². The monoisotopic (exact) mass is 393 g/mol. The number of esters is 1. The third-order valence-corrected chi connectivity index (χ3v) is 6.20. The van der Waals surface area contributed by atoms with Crippen LogP contribution in [0.2, 0.25) is 0 Å². The first-order valence-electron chi connectivity index (χ1n) is 8.52. The highest BCUT2D eigenvalue weighted by Gasteiger charge is 2.27. The first kappa shape index (κ1) is 19.5. The molecule has 2 aromatic carbocycles. The van der Waals surface area contributed by atoms with Crippen molar-refractivity contribution in [3.05, 3.63) is 65.5 Å². The fraction of sp³-hybridized carbons (Fsp3) is 0.316. The fourth-order valence-electron chi connectivity index (χ4n) is 2.75. The Labute approximate surface area is 157 Å². The van der Waals surface area contributed by atoms with E-state index in [0.717, 1.165) is 0 Å². The molecular weight excluding hydrogens is 373 g/mol. The number of carbonyl (C=O) groups excluding carboxylic acids is 1. The van der Waals surface area contributed by atoms with Crippen LogP contribution in [0.4, 0.5) is 4.39 Å². The van der Waals surface area contributed by atoms with Gasteiger partial charge in [-0.2, -0.15) is 4.31 Å². The summed E-state index contributed by atoms with van der Waals surface area (Å²) in [5.74, 6) is -1.02. The van der Waals surface area contributed by atoms with Gasteiger partial charge in [0.2, 0.25) is 10.0 Å². The van der Waals surface area contributed by atoms with E-state index in [1.165, 1.54) is 52.8 Å². The Balaban J connectivity index is 1.76. The number of hydrogen-bond acceptors (Lipinski definition) is 5. The normalized spacial score (nSPS) is 16.7. The van der Waals surface area contributed by atoms with Crippen molar-refractivity contribution in [2.24, 2.45) is 0 Å². The number of morpholine rings is 1. The molecule has 0 spiro atoms. The summed E-state index contributed by atoms with van der Waals surface area (Å²) < 4.78 is 50.4. The largest absolute Gasteiger partial charge is 0.454 e. The minimum Gasteiger partial charge on any atom is -0.454 e. The van der Waals surface area contributed by atoms with Gasteiger partial charge in [0.1, 0.15) is 11.9 Å². The van der Waals surface area contributed by atoms with Crippen molar-refractivity contribution < 1.29 is 27.1 Å². The molecule has 144 valence electrons. The van der Waals surface area contributed by atoms with Crippen LogP contribution in [-0.2, 0) is 19.5 Å². The Kier molecular flexibility index (Phi) is 5.88. The van der Waals surface area contributed by atoms with Crippen molar-refractivity contribution in [3.63, 3.8) is 0 Å².